The zero-order valence-electron chi connectivity index (χ0n) is 10.0. The molecule has 2 aromatic rings. The Morgan fingerprint density at radius 2 is 1.94 bits per heavy atom. The molecule has 0 amide bonds. The lowest BCUT2D eigenvalue weighted by Gasteiger charge is -2.05. The molecule has 0 aliphatic heterocycles. The first kappa shape index (κ1) is 13.4. The van der Waals surface area contributed by atoms with Gasteiger partial charge in [0.05, 0.1) is 0 Å². The lowest BCUT2D eigenvalue weighted by molar-refractivity contribution is 0.101. The van der Waals surface area contributed by atoms with Gasteiger partial charge in [-0.05, 0) is 30.7 Å². The second kappa shape index (κ2) is 6.21. The number of halogens is 1. The van der Waals surface area contributed by atoms with Crippen LogP contribution in [0.4, 0.5) is 0 Å². The SMILES string of the molecule is CC(=O)c1cccc(SCc2ccccc2Br)c1. The average Bonchev–Trinajstić information content (AvgIpc) is 2.38. The molecule has 0 fully saturated rings. The standard InChI is InChI=1S/C15H13BrOS/c1-11(17)12-6-4-7-14(9-12)18-10-13-5-2-3-8-15(13)16/h2-9H,10H2,1H3. The molecular weight excluding hydrogens is 308 g/mol. The van der Waals surface area contributed by atoms with Crippen molar-refractivity contribution in [2.24, 2.45) is 0 Å². The molecule has 0 saturated carbocycles. The maximum atomic E-state index is 11.3. The molecule has 0 bridgehead atoms. The smallest absolute Gasteiger partial charge is 0.159 e. The quantitative estimate of drug-likeness (QED) is 0.586. The van der Waals surface area contributed by atoms with E-state index in [2.05, 4.69) is 22.0 Å². The molecule has 1 nitrogen and oxygen atoms in total. The molecular formula is C15H13BrOS. The Labute approximate surface area is 120 Å². The first-order chi connectivity index (χ1) is 8.66. The van der Waals surface area contributed by atoms with Gasteiger partial charge >= 0.3 is 0 Å². The highest BCUT2D eigenvalue weighted by Crippen LogP contribution is 2.27. The zero-order chi connectivity index (χ0) is 13.0. The first-order valence-electron chi connectivity index (χ1n) is 5.64. The van der Waals surface area contributed by atoms with Crippen molar-refractivity contribution >= 4 is 33.5 Å². The van der Waals surface area contributed by atoms with Crippen molar-refractivity contribution in [1.82, 2.24) is 0 Å². The summed E-state index contributed by atoms with van der Waals surface area (Å²) in [5, 5.41) is 0. The van der Waals surface area contributed by atoms with E-state index in [-0.39, 0.29) is 5.78 Å². The minimum Gasteiger partial charge on any atom is -0.295 e. The Morgan fingerprint density at radius 1 is 1.17 bits per heavy atom. The van der Waals surface area contributed by atoms with Crippen LogP contribution in [0.3, 0.4) is 0 Å². The number of Topliss-reactive ketones (excluding diaryl/α,β-unsaturated/α-hetero) is 1. The summed E-state index contributed by atoms with van der Waals surface area (Å²) < 4.78 is 1.13. The summed E-state index contributed by atoms with van der Waals surface area (Å²) in [4.78, 5) is 12.4. The number of hydrogen-bond acceptors (Lipinski definition) is 2. The molecule has 0 N–H and O–H groups in total. The van der Waals surface area contributed by atoms with Crippen LogP contribution >= 0.6 is 27.7 Å². The van der Waals surface area contributed by atoms with Gasteiger partial charge in [0, 0.05) is 20.7 Å². The van der Waals surface area contributed by atoms with Crippen molar-refractivity contribution < 1.29 is 4.79 Å². The minimum absolute atomic E-state index is 0.110. The summed E-state index contributed by atoms with van der Waals surface area (Å²) >= 11 is 5.28. The van der Waals surface area contributed by atoms with E-state index in [0.717, 1.165) is 20.7 Å². The van der Waals surface area contributed by atoms with E-state index in [9.17, 15) is 4.79 Å². The monoisotopic (exact) mass is 320 g/mol. The third-order valence-electron chi connectivity index (χ3n) is 2.59. The van der Waals surface area contributed by atoms with E-state index in [1.807, 2.05) is 42.5 Å². The van der Waals surface area contributed by atoms with Gasteiger partial charge in [0.15, 0.2) is 5.78 Å². The lowest BCUT2D eigenvalue weighted by atomic mass is 10.2. The molecule has 0 saturated heterocycles. The van der Waals surface area contributed by atoms with E-state index in [4.69, 9.17) is 0 Å². The molecule has 0 heterocycles. The van der Waals surface area contributed by atoms with Crippen LogP contribution in [0, 0.1) is 0 Å². The number of ketones is 1. The van der Waals surface area contributed by atoms with E-state index >= 15 is 0 Å². The number of thioether (sulfide) groups is 1. The Bertz CT molecular complexity index is 566. The van der Waals surface area contributed by atoms with Gasteiger partial charge in [-0.25, -0.2) is 0 Å². The lowest BCUT2D eigenvalue weighted by Crippen LogP contribution is -1.91. The predicted octanol–water partition coefficient (Wildman–Crippen LogP) is 4.94. The second-order valence-electron chi connectivity index (χ2n) is 3.96. The molecule has 0 aliphatic carbocycles. The predicted molar refractivity (Wildman–Crippen MR) is 80.1 cm³/mol. The maximum Gasteiger partial charge on any atom is 0.159 e. The summed E-state index contributed by atoms with van der Waals surface area (Å²) in [6.45, 7) is 1.59. The molecule has 0 radical (unpaired) electrons. The van der Waals surface area contributed by atoms with Crippen LogP contribution in [-0.4, -0.2) is 5.78 Å². The van der Waals surface area contributed by atoms with Gasteiger partial charge in [0.2, 0.25) is 0 Å². The van der Waals surface area contributed by atoms with Gasteiger partial charge < -0.3 is 0 Å². The van der Waals surface area contributed by atoms with Crippen LogP contribution in [0.2, 0.25) is 0 Å². The topological polar surface area (TPSA) is 17.1 Å². The fourth-order valence-corrected chi connectivity index (χ4v) is 3.15. The molecule has 0 aromatic heterocycles. The highest BCUT2D eigenvalue weighted by molar-refractivity contribution is 9.10. The molecule has 2 rings (SSSR count). The van der Waals surface area contributed by atoms with Gasteiger partial charge in [-0.1, -0.05) is 46.3 Å². The van der Waals surface area contributed by atoms with Gasteiger partial charge in [-0.2, -0.15) is 0 Å². The molecule has 2 aromatic carbocycles. The number of carbonyl (C=O) groups is 1. The Kier molecular flexibility index (Phi) is 4.61. The van der Waals surface area contributed by atoms with Gasteiger partial charge in [0.25, 0.3) is 0 Å². The average molecular weight is 321 g/mol. The maximum absolute atomic E-state index is 11.3. The summed E-state index contributed by atoms with van der Waals surface area (Å²) in [6.07, 6.45) is 0. The van der Waals surface area contributed by atoms with E-state index in [1.165, 1.54) is 5.56 Å². The molecule has 0 atom stereocenters. The number of hydrogen-bond donors (Lipinski definition) is 0. The normalized spacial score (nSPS) is 10.3. The van der Waals surface area contributed by atoms with Crippen LogP contribution in [0.5, 0.6) is 0 Å². The molecule has 0 aliphatic rings. The van der Waals surface area contributed by atoms with Gasteiger partial charge in [-0.3, -0.25) is 4.79 Å². The van der Waals surface area contributed by atoms with Crippen LogP contribution < -0.4 is 0 Å². The van der Waals surface area contributed by atoms with Gasteiger partial charge in [0.1, 0.15) is 0 Å². The molecule has 92 valence electrons. The summed E-state index contributed by atoms with van der Waals surface area (Å²) in [5.74, 6) is 1.00. The van der Waals surface area contributed by atoms with Crippen LogP contribution in [-0.2, 0) is 5.75 Å². The third kappa shape index (κ3) is 3.47. The highest BCUT2D eigenvalue weighted by Gasteiger charge is 2.03. The van der Waals surface area contributed by atoms with Crippen molar-refractivity contribution in [3.05, 3.63) is 64.1 Å². The van der Waals surface area contributed by atoms with Crippen LogP contribution in [0.1, 0.15) is 22.8 Å². The Balaban J connectivity index is 2.09. The summed E-state index contributed by atoms with van der Waals surface area (Å²) in [6, 6.07) is 16.0. The molecule has 0 unspecified atom stereocenters. The molecule has 18 heavy (non-hydrogen) atoms. The fourth-order valence-electron chi connectivity index (χ4n) is 1.58. The zero-order valence-corrected chi connectivity index (χ0v) is 12.4. The summed E-state index contributed by atoms with van der Waals surface area (Å²) in [5.41, 5.74) is 2.03. The Hall–Kier alpha value is -1.06. The first-order valence-corrected chi connectivity index (χ1v) is 7.42. The van der Waals surface area contributed by atoms with Crippen LogP contribution in [0.15, 0.2) is 57.9 Å². The van der Waals surface area contributed by atoms with Gasteiger partial charge in [-0.15, -0.1) is 11.8 Å². The van der Waals surface area contributed by atoms with Crippen molar-refractivity contribution in [3.8, 4) is 0 Å². The van der Waals surface area contributed by atoms with Crippen molar-refractivity contribution in [2.75, 3.05) is 0 Å². The second-order valence-corrected chi connectivity index (χ2v) is 5.87. The fraction of sp³-hybridized carbons (Fsp3) is 0.133. The van der Waals surface area contributed by atoms with E-state index in [1.54, 1.807) is 18.7 Å². The largest absolute Gasteiger partial charge is 0.295 e. The number of rotatable bonds is 4. The highest BCUT2D eigenvalue weighted by atomic mass is 79.9. The van der Waals surface area contributed by atoms with Crippen molar-refractivity contribution in [3.63, 3.8) is 0 Å². The summed E-state index contributed by atoms with van der Waals surface area (Å²) in [7, 11) is 0. The van der Waals surface area contributed by atoms with E-state index in [0.29, 0.717) is 0 Å². The minimum atomic E-state index is 0.110. The molecule has 0 spiro atoms. The Morgan fingerprint density at radius 3 is 2.67 bits per heavy atom. The third-order valence-corrected chi connectivity index (χ3v) is 4.41. The van der Waals surface area contributed by atoms with Crippen molar-refractivity contribution in [2.45, 2.75) is 17.6 Å². The molecule has 3 heteroatoms. The number of benzene rings is 2. The van der Waals surface area contributed by atoms with E-state index < -0.39 is 0 Å². The van der Waals surface area contributed by atoms with Crippen LogP contribution in [0.25, 0.3) is 0 Å². The number of carbonyl (C=O) groups excluding carboxylic acids is 1. The van der Waals surface area contributed by atoms with Crippen molar-refractivity contribution in [1.29, 1.82) is 0 Å².